The van der Waals surface area contributed by atoms with Crippen molar-refractivity contribution in [2.24, 2.45) is 0 Å². The van der Waals surface area contributed by atoms with Crippen molar-refractivity contribution in [1.82, 2.24) is 122 Å². The van der Waals surface area contributed by atoms with E-state index in [9.17, 15) is 135 Å². The van der Waals surface area contributed by atoms with Crippen LogP contribution in [-0.2, 0) is 99.7 Å². The van der Waals surface area contributed by atoms with Crippen molar-refractivity contribution >= 4 is 158 Å². The van der Waals surface area contributed by atoms with Crippen LogP contribution < -0.4 is 33.3 Å². The minimum atomic E-state index is -5.62. The third kappa shape index (κ3) is 28.5. The minimum absolute atomic E-state index is 0. The molecule has 14 aromatic heterocycles. The zero-order chi connectivity index (χ0) is 106. The molecule has 0 aromatic carbocycles. The van der Waals surface area contributed by atoms with Gasteiger partial charge in [-0.25, -0.2) is 58.6 Å². The number of carbonyl (C=O) groups is 6. The molecule has 0 radical (unpaired) electrons. The van der Waals surface area contributed by atoms with E-state index in [1.54, 1.807) is 110 Å². The number of ether oxygens (including phenoxy) is 2. The van der Waals surface area contributed by atoms with Crippen molar-refractivity contribution in [1.29, 1.82) is 10.5 Å². The van der Waals surface area contributed by atoms with Crippen molar-refractivity contribution in [2.75, 3.05) is 65.5 Å². The summed E-state index contributed by atoms with van der Waals surface area (Å²) in [5.74, 6) is -17.3. The minimum Gasteiger partial charge on any atom is -0.399 e. The van der Waals surface area contributed by atoms with Gasteiger partial charge in [0.05, 0.1) is 75.2 Å². The van der Waals surface area contributed by atoms with Gasteiger partial charge in [-0.05, 0) is 134 Å². The number of H-pyrrole nitrogens is 2. The van der Waals surface area contributed by atoms with Gasteiger partial charge in [-0.3, -0.25) is 39.8 Å². The number of hydrogen-bond acceptors (Lipinski definition) is 33. The van der Waals surface area contributed by atoms with Gasteiger partial charge in [-0.1, -0.05) is 0 Å². The molecule has 3 saturated heterocycles. The second-order valence-electron chi connectivity index (χ2n) is 30.3. The number of aromatic nitrogens is 23. The topological polar surface area (TPSA) is 608 Å². The molecule has 10 N–H and O–H groups in total. The first-order valence-electron chi connectivity index (χ1n) is 39.4. The SMILES string of the molecule is CC1(C)OB(c2cn[nH]c2)OC1(C)C.CCS(=O)(=O)N1CC(CC#N)(n2cc(-c3cccn4nc(N)nc34)cn2)C1.CCS(=O)(=O)N1CC(CC#N)(n2cc(-c3cccn4nc(NC(=O)C(F)(F)F)nc34)cn2)C1.Nc1nc2c(-c3cn[nH]c3)cccn2n1.Nc1nc2c(Br)cccn2n1.O=C(Nc1nc2c(Br)cccn2n1)C(F)(F)F.O=C(OC(=O)C(F)(F)F)C(F)(F)F.O=C(OC(=O)C(F)(F)F)C(F)(F)F.[CH3-].[W]. The first kappa shape index (κ1) is 116. The maximum atomic E-state index is 12.5. The van der Waals surface area contributed by atoms with Gasteiger partial charge < -0.3 is 43.4 Å². The van der Waals surface area contributed by atoms with E-state index in [4.69, 9.17) is 26.5 Å². The molecule has 17 rings (SSSR count). The van der Waals surface area contributed by atoms with Crippen LogP contribution in [0.3, 0.4) is 0 Å². The summed E-state index contributed by atoms with van der Waals surface area (Å²) in [6.45, 7) is 12.0. The summed E-state index contributed by atoms with van der Waals surface area (Å²) in [5, 5.41) is 63.3. The fraction of sp³-hybridized carbons (Fsp3) is 0.320. The van der Waals surface area contributed by atoms with E-state index in [2.05, 4.69) is 134 Å². The third-order valence-corrected chi connectivity index (χ3v) is 24.6. The molecule has 3 aliphatic heterocycles. The second-order valence-corrected chi connectivity index (χ2v) is 36.5. The summed E-state index contributed by atoms with van der Waals surface area (Å²) in [4.78, 5) is 80.6. The Labute approximate surface area is 832 Å². The number of nitrogen functional groups attached to an aromatic ring is 3. The Morgan fingerprint density at radius 3 is 1.08 bits per heavy atom. The molecule has 776 valence electrons. The molecule has 46 nitrogen and oxygen atoms in total. The Hall–Kier alpha value is -14.3. The molecule has 0 saturated carbocycles. The zero-order valence-electron chi connectivity index (χ0n) is 74.4. The number of anilines is 5. The van der Waals surface area contributed by atoms with E-state index in [0.717, 1.165) is 43.5 Å². The standard InChI is InChI=1S/C18H17F3N8O3S.C16H18N8O2S.C9H15BN2O2.C9H8N6.C8H4BrF3N4O.C6H5BrN4.2C4F6O3.CH3.W/c1-2-33(31,32)27-10-17(11-27,5-6-22)29-9-12(8-23-29)13-4-3-7-28-14(13)24-16(26-28)25-15(30)18(19,20)21;1-2-27(25,26)22-10-16(11-22,5-6-17)24-9-12(8-19-24)13-4-3-7-23-14(13)20-15(18)21-23;1-8(2)9(3,4)14-10(13-8)7-5-11-12-6-7;10-9-13-8-7(6-4-11-12-5-6)2-1-3-15(8)14-9;9-4-2-1-3-16-5(4)13-7(15-16)14-6(17)8(10,11)12;7-4-2-1-3-11-5(4)9-6(8)10-11;2*5-3(6,7)1(11)13-2(12)4(8,9)10;;/h3-4,7-9H,2,5,10-11H2,1H3,(H,25,26,30);3-4,7-9H,2,5,10-11H2,1H3,(H2,18,21);5-6H,1-4H3,(H,11,12);1-5H,(H2,10,14)(H,11,12);1-3H,(H,14,15,17);1-3H,(H2,8,10);;;1H3;/q;;;;;;;;-1;. The molecule has 3 fully saturated rings. The van der Waals surface area contributed by atoms with E-state index in [-0.39, 0.29) is 121 Å². The molecular formula is C75H70BBr2F18N32O14S2W-. The molecule has 0 spiro atoms. The summed E-state index contributed by atoms with van der Waals surface area (Å²) in [5.41, 5.74) is 22.6. The number of sulfonamides is 2. The van der Waals surface area contributed by atoms with Crippen molar-refractivity contribution in [3.8, 4) is 45.5 Å². The van der Waals surface area contributed by atoms with Crippen molar-refractivity contribution in [2.45, 2.75) is 114 Å². The van der Waals surface area contributed by atoms with Crippen molar-refractivity contribution in [3.05, 3.63) is 158 Å². The number of hydrogen-bond donors (Lipinski definition) is 7. The molecule has 70 heteroatoms. The van der Waals surface area contributed by atoms with E-state index in [0.29, 0.717) is 26.9 Å². The quantitative estimate of drug-likeness (QED) is 0.0175. The number of halogens is 20. The Morgan fingerprint density at radius 1 is 0.462 bits per heavy atom. The number of carbonyl (C=O) groups excluding carboxylic acids is 6. The summed E-state index contributed by atoms with van der Waals surface area (Å²) in [6, 6.07) is 22.1. The first-order valence-corrected chi connectivity index (χ1v) is 44.2. The number of rotatable bonds is 14. The van der Waals surface area contributed by atoms with Gasteiger partial charge >= 0.3 is 79.9 Å². The Kier molecular flexibility index (Phi) is 36.3. The van der Waals surface area contributed by atoms with Crippen LogP contribution in [0.15, 0.2) is 150 Å². The molecule has 3 aliphatic rings. The van der Waals surface area contributed by atoms with Gasteiger partial charge in [-0.15, -0.1) is 25.5 Å². The number of aromatic amines is 2. The average Bonchev–Trinajstić information content (AvgIpc) is 1.68. The molecule has 0 unspecified atom stereocenters. The molecule has 14 aromatic rings. The number of nitrogens with one attached hydrogen (secondary N) is 4. The van der Waals surface area contributed by atoms with Crippen LogP contribution in [0.1, 0.15) is 54.4 Å². The summed E-state index contributed by atoms with van der Waals surface area (Å²) >= 11 is 6.49. The summed E-state index contributed by atoms with van der Waals surface area (Å²) in [7, 11) is -6.99. The van der Waals surface area contributed by atoms with Gasteiger partial charge in [0.25, 0.3) is 0 Å². The number of esters is 4. The monoisotopic (exact) mass is 2400 g/mol. The Balaban J connectivity index is 0.000000208. The van der Waals surface area contributed by atoms with E-state index in [1.165, 1.54) is 47.8 Å². The van der Waals surface area contributed by atoms with Crippen molar-refractivity contribution in [3.63, 3.8) is 0 Å². The normalized spacial score (nSPS) is 14.7. The van der Waals surface area contributed by atoms with Crippen LogP contribution in [0.2, 0.25) is 0 Å². The number of nitrogens with two attached hydrogens (primary N) is 3. The number of nitrogens with zero attached hydrogens (tertiary/aromatic N) is 25. The predicted molar refractivity (Wildman–Crippen MR) is 469 cm³/mol. The maximum Gasteiger partial charge on any atom is 0.498 e. The fourth-order valence-corrected chi connectivity index (χ4v) is 15.5. The molecule has 2 amide bonds. The molecule has 0 atom stereocenters. The number of nitriles is 2. The Morgan fingerprint density at radius 2 is 0.766 bits per heavy atom. The molecular weight excluding hydrogens is 2330 g/mol. The van der Waals surface area contributed by atoms with E-state index in [1.807, 2.05) is 76.5 Å². The van der Waals surface area contributed by atoms with Crippen LogP contribution in [0, 0.1) is 30.1 Å². The van der Waals surface area contributed by atoms with E-state index < -0.39 is 116 Å². The number of alkyl halides is 18. The van der Waals surface area contributed by atoms with Gasteiger partial charge in [-0.2, -0.15) is 143 Å². The van der Waals surface area contributed by atoms with E-state index >= 15 is 0 Å². The maximum absolute atomic E-state index is 12.5. The summed E-state index contributed by atoms with van der Waals surface area (Å²) in [6.07, 6.45) is -10.4. The molecule has 17 heterocycles. The van der Waals surface area contributed by atoms with Gasteiger partial charge in [0, 0.05) is 148 Å². The average molecular weight is 2400 g/mol. The van der Waals surface area contributed by atoms with Gasteiger partial charge in [0.15, 0.2) is 28.2 Å². The largest absolute Gasteiger partial charge is 0.498 e. The van der Waals surface area contributed by atoms with Crippen molar-refractivity contribution < 1.29 is 164 Å². The molecule has 145 heavy (non-hydrogen) atoms. The number of amides is 2. The van der Waals surface area contributed by atoms with Crippen LogP contribution >= 0.6 is 31.9 Å². The fourth-order valence-electron chi connectivity index (χ4n) is 12.2. The van der Waals surface area contributed by atoms with Crippen LogP contribution in [-0.4, -0.2) is 267 Å². The smallest absolute Gasteiger partial charge is 0.399 e. The van der Waals surface area contributed by atoms with Crippen LogP contribution in [0.4, 0.5) is 109 Å². The molecule has 0 aliphatic carbocycles. The van der Waals surface area contributed by atoms with Gasteiger partial charge in [0.2, 0.25) is 49.8 Å². The first-order chi connectivity index (χ1) is 66.4. The van der Waals surface area contributed by atoms with Crippen LogP contribution in [0.5, 0.6) is 0 Å². The summed E-state index contributed by atoms with van der Waals surface area (Å²) < 4.78 is 288. The number of pyridine rings is 5. The third-order valence-electron chi connectivity index (χ3n) is 19.9. The Bertz CT molecular complexity index is 7200. The molecule has 0 bridgehead atoms. The second kappa shape index (κ2) is 45.4. The predicted octanol–water partition coefficient (Wildman–Crippen LogP) is 9.10. The zero-order valence-corrected chi connectivity index (χ0v) is 82.2. The van der Waals surface area contributed by atoms with Crippen LogP contribution in [0.25, 0.3) is 61.6 Å². The number of fused-ring (bicyclic) bond motifs is 5. The van der Waals surface area contributed by atoms with Gasteiger partial charge in [0.1, 0.15) is 11.1 Å².